The number of rotatable bonds is 64. The summed E-state index contributed by atoms with van der Waals surface area (Å²) < 4.78 is 68.1. The van der Waals surface area contributed by atoms with Gasteiger partial charge in [0.25, 0.3) is 0 Å². The molecular formula is C67H130O17P2. The van der Waals surface area contributed by atoms with Crippen LogP contribution in [0.1, 0.15) is 325 Å². The number of carbonyl (C=O) groups is 4. The molecule has 0 saturated heterocycles. The minimum absolute atomic E-state index is 0.101. The van der Waals surface area contributed by atoms with E-state index in [4.69, 9.17) is 37.0 Å². The first kappa shape index (κ1) is 84.1. The summed E-state index contributed by atoms with van der Waals surface area (Å²) in [5.74, 6) is 0.769. The highest BCUT2D eigenvalue weighted by Crippen LogP contribution is 2.45. The van der Waals surface area contributed by atoms with E-state index < -0.39 is 97.5 Å². The van der Waals surface area contributed by atoms with Crippen molar-refractivity contribution in [2.24, 2.45) is 23.7 Å². The Balaban J connectivity index is 5.20. The molecule has 3 N–H and O–H groups in total. The molecule has 510 valence electrons. The third-order valence-corrected chi connectivity index (χ3v) is 17.6. The Bertz CT molecular complexity index is 1720. The lowest BCUT2D eigenvalue weighted by Gasteiger charge is -2.21. The van der Waals surface area contributed by atoms with E-state index in [1.54, 1.807) is 0 Å². The van der Waals surface area contributed by atoms with Gasteiger partial charge in [-0.15, -0.1) is 0 Å². The molecule has 0 rings (SSSR count). The van der Waals surface area contributed by atoms with Crippen LogP contribution in [0.15, 0.2) is 0 Å². The van der Waals surface area contributed by atoms with E-state index >= 15 is 0 Å². The van der Waals surface area contributed by atoms with Gasteiger partial charge in [0, 0.05) is 25.7 Å². The van der Waals surface area contributed by atoms with Gasteiger partial charge in [-0.2, -0.15) is 0 Å². The summed E-state index contributed by atoms with van der Waals surface area (Å²) in [7, 11) is -9.89. The molecular weight excluding hydrogens is 1140 g/mol. The SMILES string of the molecule is CCC(C)CCCCCCCCCCC(=O)O[C@H](COC(=O)CCCCCCCCC(C)C)COP(=O)(O)OC[C@H](O)COP(=O)(O)OC[C@@H](COC(=O)CCCCCCCCCCCCCCCC(C)C)OC(=O)CCCCCCCCC(C)C. The zero-order valence-corrected chi connectivity index (χ0v) is 57.7. The normalized spacial score (nSPS) is 14.7. The number of aliphatic hydroxyl groups is 1. The largest absolute Gasteiger partial charge is 0.472 e. The van der Waals surface area contributed by atoms with Gasteiger partial charge in [0.2, 0.25) is 0 Å². The lowest BCUT2D eigenvalue weighted by molar-refractivity contribution is -0.161. The van der Waals surface area contributed by atoms with Crippen molar-refractivity contribution in [3.63, 3.8) is 0 Å². The molecule has 0 aromatic carbocycles. The van der Waals surface area contributed by atoms with Crippen molar-refractivity contribution in [2.45, 2.75) is 343 Å². The second-order valence-electron chi connectivity index (χ2n) is 25.9. The Morgan fingerprint density at radius 3 is 0.826 bits per heavy atom. The standard InChI is InChI=1S/C67H130O17P2/c1-9-60(8)46-38-30-20-17-18-22-33-41-49-66(71)83-62(54-78-65(70)48-40-32-25-23-28-36-44-58(4)5)55-81-85(73,74)79-51-61(68)52-80-86(75,76)82-56-63(84-67(72)50-42-34-26-24-29-37-45-59(6)7)53-77-64(69)47-39-31-21-16-14-12-10-11-13-15-19-27-35-43-57(2)3/h57-63,68H,9-56H2,1-8H3,(H,73,74)(H,75,76)/t60?,61-,62+,63+/m0/s1. The molecule has 0 radical (unpaired) electrons. The van der Waals surface area contributed by atoms with Crippen LogP contribution >= 0.6 is 15.6 Å². The topological polar surface area (TPSA) is 237 Å². The van der Waals surface area contributed by atoms with Gasteiger partial charge in [-0.05, 0) is 49.4 Å². The van der Waals surface area contributed by atoms with Gasteiger partial charge in [0.15, 0.2) is 12.2 Å². The molecule has 0 bridgehead atoms. The second kappa shape index (κ2) is 57.0. The lowest BCUT2D eigenvalue weighted by Crippen LogP contribution is -2.30. The molecule has 0 amide bonds. The first-order valence-electron chi connectivity index (χ1n) is 34.7. The lowest BCUT2D eigenvalue weighted by atomic mass is 9.99. The Kier molecular flexibility index (Phi) is 55.7. The van der Waals surface area contributed by atoms with Crippen molar-refractivity contribution >= 4 is 39.5 Å². The number of carbonyl (C=O) groups excluding carboxylic acids is 4. The van der Waals surface area contributed by atoms with E-state index in [-0.39, 0.29) is 25.7 Å². The van der Waals surface area contributed by atoms with Gasteiger partial charge in [-0.3, -0.25) is 37.3 Å². The zero-order chi connectivity index (χ0) is 63.9. The fourth-order valence-corrected chi connectivity index (χ4v) is 11.5. The van der Waals surface area contributed by atoms with Crippen molar-refractivity contribution < 1.29 is 80.2 Å². The summed E-state index contributed by atoms with van der Waals surface area (Å²) in [6.07, 6.45) is 37.9. The molecule has 0 fully saturated rings. The number of aliphatic hydroxyl groups excluding tert-OH is 1. The molecule has 86 heavy (non-hydrogen) atoms. The second-order valence-corrected chi connectivity index (χ2v) is 28.8. The van der Waals surface area contributed by atoms with Gasteiger partial charge in [-0.1, -0.05) is 274 Å². The number of hydrogen-bond donors (Lipinski definition) is 3. The van der Waals surface area contributed by atoms with Gasteiger partial charge in [0.1, 0.15) is 19.3 Å². The van der Waals surface area contributed by atoms with Crippen LogP contribution in [0.25, 0.3) is 0 Å². The van der Waals surface area contributed by atoms with Crippen molar-refractivity contribution in [1.29, 1.82) is 0 Å². The average molecular weight is 1270 g/mol. The van der Waals surface area contributed by atoms with Crippen molar-refractivity contribution in [2.75, 3.05) is 39.6 Å². The summed E-state index contributed by atoms with van der Waals surface area (Å²) in [5, 5.41) is 10.5. The summed E-state index contributed by atoms with van der Waals surface area (Å²) in [6, 6.07) is 0. The van der Waals surface area contributed by atoms with Gasteiger partial charge in [0.05, 0.1) is 26.4 Å². The Labute approximate surface area is 524 Å². The van der Waals surface area contributed by atoms with Gasteiger partial charge >= 0.3 is 39.5 Å². The highest BCUT2D eigenvalue weighted by atomic mass is 31.2. The van der Waals surface area contributed by atoms with Crippen LogP contribution in [0.3, 0.4) is 0 Å². The smallest absolute Gasteiger partial charge is 0.462 e. The Hall–Kier alpha value is -1.94. The van der Waals surface area contributed by atoms with Crippen LogP contribution in [-0.2, 0) is 65.4 Å². The fourth-order valence-electron chi connectivity index (χ4n) is 9.93. The molecule has 17 nitrogen and oxygen atoms in total. The van der Waals surface area contributed by atoms with E-state index in [0.717, 1.165) is 108 Å². The van der Waals surface area contributed by atoms with Crippen LogP contribution in [-0.4, -0.2) is 96.7 Å². The van der Waals surface area contributed by atoms with E-state index in [1.807, 2.05) is 0 Å². The summed E-state index contributed by atoms with van der Waals surface area (Å²) in [5.41, 5.74) is 0. The molecule has 0 aliphatic rings. The maximum absolute atomic E-state index is 13.0. The first-order chi connectivity index (χ1) is 41.1. The zero-order valence-electron chi connectivity index (χ0n) is 55.9. The minimum Gasteiger partial charge on any atom is -0.462 e. The number of hydrogen-bond acceptors (Lipinski definition) is 15. The van der Waals surface area contributed by atoms with Crippen LogP contribution in [0, 0.1) is 23.7 Å². The maximum Gasteiger partial charge on any atom is 0.472 e. The number of phosphoric acid groups is 2. The molecule has 0 aromatic rings. The van der Waals surface area contributed by atoms with Crippen molar-refractivity contribution in [1.82, 2.24) is 0 Å². The predicted molar refractivity (Wildman–Crippen MR) is 344 cm³/mol. The minimum atomic E-state index is -4.95. The van der Waals surface area contributed by atoms with E-state index in [9.17, 15) is 43.2 Å². The number of ether oxygens (including phenoxy) is 4. The molecule has 3 unspecified atom stereocenters. The molecule has 0 aromatic heterocycles. The van der Waals surface area contributed by atoms with E-state index in [0.29, 0.717) is 37.5 Å². The number of phosphoric ester groups is 2. The molecule has 19 heteroatoms. The van der Waals surface area contributed by atoms with Crippen LogP contribution < -0.4 is 0 Å². The summed E-state index contributed by atoms with van der Waals surface area (Å²) in [6.45, 7) is 14.0. The predicted octanol–water partition coefficient (Wildman–Crippen LogP) is 18.5. The quantitative estimate of drug-likeness (QED) is 0.0222. The highest BCUT2D eigenvalue weighted by Gasteiger charge is 2.30. The monoisotopic (exact) mass is 1270 g/mol. The van der Waals surface area contributed by atoms with Crippen LogP contribution in [0.4, 0.5) is 0 Å². The Morgan fingerprint density at radius 2 is 0.558 bits per heavy atom. The third-order valence-electron chi connectivity index (χ3n) is 15.7. The number of unbranched alkanes of at least 4 members (excludes halogenated alkanes) is 29. The fraction of sp³-hybridized carbons (Fsp3) is 0.940. The average Bonchev–Trinajstić information content (AvgIpc) is 3.65. The molecule has 0 heterocycles. The maximum atomic E-state index is 13.0. The van der Waals surface area contributed by atoms with E-state index in [1.165, 1.54) is 122 Å². The van der Waals surface area contributed by atoms with Crippen molar-refractivity contribution in [3.05, 3.63) is 0 Å². The third kappa shape index (κ3) is 59.7. The van der Waals surface area contributed by atoms with Crippen molar-refractivity contribution in [3.8, 4) is 0 Å². The summed E-state index contributed by atoms with van der Waals surface area (Å²) >= 11 is 0. The summed E-state index contributed by atoms with van der Waals surface area (Å²) in [4.78, 5) is 72.3. The van der Waals surface area contributed by atoms with E-state index in [2.05, 4.69) is 55.4 Å². The van der Waals surface area contributed by atoms with Crippen LogP contribution in [0.2, 0.25) is 0 Å². The molecule has 0 saturated carbocycles. The highest BCUT2D eigenvalue weighted by molar-refractivity contribution is 7.47. The van der Waals surface area contributed by atoms with Crippen LogP contribution in [0.5, 0.6) is 0 Å². The molecule has 0 aliphatic carbocycles. The van der Waals surface area contributed by atoms with Gasteiger partial charge in [-0.25, -0.2) is 9.13 Å². The Morgan fingerprint density at radius 1 is 0.326 bits per heavy atom. The van der Waals surface area contributed by atoms with Gasteiger partial charge < -0.3 is 33.8 Å². The molecule has 0 spiro atoms. The molecule has 0 aliphatic heterocycles. The molecule has 6 atom stereocenters. The number of esters is 4. The first-order valence-corrected chi connectivity index (χ1v) is 37.7.